The standard InChI is InChI=1S/C20H21NO4/c1-12(2)18(23)20-21-17(13-8-10-14(24-3)11-9-13)19(25-20)15-6-4-5-7-16(15)22/h4-12,18,22-23H,1-3H3. The van der Waals surface area contributed by atoms with Gasteiger partial charge in [0.25, 0.3) is 0 Å². The van der Waals surface area contributed by atoms with Gasteiger partial charge in [-0.25, -0.2) is 4.98 Å². The zero-order valence-electron chi connectivity index (χ0n) is 14.4. The fourth-order valence-electron chi connectivity index (χ4n) is 2.54. The number of rotatable bonds is 5. The smallest absolute Gasteiger partial charge is 0.224 e. The number of aliphatic hydroxyl groups excluding tert-OH is 1. The molecule has 0 bridgehead atoms. The SMILES string of the molecule is COc1ccc(-c2nc(C(O)C(C)C)oc2-c2ccccc2O)cc1. The fourth-order valence-corrected chi connectivity index (χ4v) is 2.54. The van der Waals surface area contributed by atoms with E-state index in [0.29, 0.717) is 17.0 Å². The fraction of sp³-hybridized carbons (Fsp3) is 0.250. The van der Waals surface area contributed by atoms with Crippen molar-refractivity contribution in [3.8, 4) is 34.1 Å². The topological polar surface area (TPSA) is 75.7 Å². The molecule has 0 amide bonds. The van der Waals surface area contributed by atoms with E-state index in [9.17, 15) is 10.2 Å². The first-order chi connectivity index (χ1) is 12.0. The van der Waals surface area contributed by atoms with Crippen molar-refractivity contribution in [2.75, 3.05) is 7.11 Å². The van der Waals surface area contributed by atoms with Gasteiger partial charge in [-0.1, -0.05) is 26.0 Å². The van der Waals surface area contributed by atoms with Crippen LogP contribution in [0.3, 0.4) is 0 Å². The van der Waals surface area contributed by atoms with E-state index in [1.54, 1.807) is 25.3 Å². The van der Waals surface area contributed by atoms with Crippen molar-refractivity contribution in [3.63, 3.8) is 0 Å². The summed E-state index contributed by atoms with van der Waals surface area (Å²) >= 11 is 0. The van der Waals surface area contributed by atoms with E-state index in [0.717, 1.165) is 11.3 Å². The van der Waals surface area contributed by atoms with Crippen LogP contribution in [0, 0.1) is 5.92 Å². The van der Waals surface area contributed by atoms with Crippen LogP contribution in [0.5, 0.6) is 11.5 Å². The van der Waals surface area contributed by atoms with Gasteiger partial charge >= 0.3 is 0 Å². The maximum absolute atomic E-state index is 10.3. The van der Waals surface area contributed by atoms with Crippen LogP contribution in [0.2, 0.25) is 0 Å². The molecule has 1 aromatic heterocycles. The highest BCUT2D eigenvalue weighted by Gasteiger charge is 2.24. The summed E-state index contributed by atoms with van der Waals surface area (Å²) < 4.78 is 11.1. The highest BCUT2D eigenvalue weighted by molar-refractivity contribution is 5.80. The lowest BCUT2D eigenvalue weighted by Gasteiger charge is -2.09. The maximum Gasteiger partial charge on any atom is 0.224 e. The summed E-state index contributed by atoms with van der Waals surface area (Å²) in [5.74, 6) is 1.45. The number of phenols is 1. The van der Waals surface area contributed by atoms with Gasteiger partial charge in [0.1, 0.15) is 23.3 Å². The summed E-state index contributed by atoms with van der Waals surface area (Å²) in [5, 5.41) is 20.5. The molecule has 1 atom stereocenters. The summed E-state index contributed by atoms with van der Waals surface area (Å²) in [4.78, 5) is 4.51. The van der Waals surface area contributed by atoms with E-state index in [1.807, 2.05) is 44.2 Å². The van der Waals surface area contributed by atoms with Crippen LogP contribution in [0.1, 0.15) is 25.8 Å². The van der Waals surface area contributed by atoms with Gasteiger partial charge in [-0.15, -0.1) is 0 Å². The van der Waals surface area contributed by atoms with Crippen molar-refractivity contribution in [3.05, 3.63) is 54.4 Å². The van der Waals surface area contributed by atoms with Crippen LogP contribution in [0.4, 0.5) is 0 Å². The molecule has 1 heterocycles. The van der Waals surface area contributed by atoms with E-state index in [-0.39, 0.29) is 17.6 Å². The van der Waals surface area contributed by atoms with Crippen molar-refractivity contribution in [1.29, 1.82) is 0 Å². The Morgan fingerprint density at radius 3 is 2.32 bits per heavy atom. The molecule has 1 unspecified atom stereocenters. The number of methoxy groups -OCH3 is 1. The molecule has 0 radical (unpaired) electrons. The lowest BCUT2D eigenvalue weighted by molar-refractivity contribution is 0.0976. The second-order valence-corrected chi connectivity index (χ2v) is 6.16. The summed E-state index contributed by atoms with van der Waals surface area (Å²) in [5.41, 5.74) is 1.91. The third-order valence-corrected chi connectivity index (χ3v) is 4.04. The predicted molar refractivity (Wildman–Crippen MR) is 95.4 cm³/mol. The molecular weight excluding hydrogens is 318 g/mol. The van der Waals surface area contributed by atoms with Crippen LogP contribution in [0.25, 0.3) is 22.6 Å². The Balaban J connectivity index is 2.16. The molecule has 0 fully saturated rings. The average Bonchev–Trinajstić information content (AvgIpc) is 3.06. The lowest BCUT2D eigenvalue weighted by atomic mass is 10.0. The number of aliphatic hydroxyl groups is 1. The van der Waals surface area contributed by atoms with Gasteiger partial charge in [0.2, 0.25) is 5.89 Å². The number of nitrogens with zero attached hydrogens (tertiary/aromatic N) is 1. The van der Waals surface area contributed by atoms with Crippen molar-refractivity contribution in [1.82, 2.24) is 4.98 Å². The first-order valence-corrected chi connectivity index (χ1v) is 8.13. The number of aromatic hydroxyl groups is 1. The molecule has 130 valence electrons. The molecule has 0 aliphatic carbocycles. The highest BCUT2D eigenvalue weighted by Crippen LogP contribution is 2.39. The third-order valence-electron chi connectivity index (χ3n) is 4.04. The molecule has 3 aromatic rings. The van der Waals surface area contributed by atoms with Crippen molar-refractivity contribution >= 4 is 0 Å². The molecule has 25 heavy (non-hydrogen) atoms. The Bertz CT molecular complexity index is 852. The Labute approximate surface area is 146 Å². The number of benzene rings is 2. The van der Waals surface area contributed by atoms with Crippen molar-refractivity contribution in [2.45, 2.75) is 20.0 Å². The summed E-state index contributed by atoms with van der Waals surface area (Å²) in [6.45, 7) is 3.78. The van der Waals surface area contributed by atoms with E-state index >= 15 is 0 Å². The second kappa shape index (κ2) is 6.99. The maximum atomic E-state index is 10.3. The molecule has 5 nitrogen and oxygen atoms in total. The van der Waals surface area contributed by atoms with Gasteiger partial charge in [-0.2, -0.15) is 0 Å². The predicted octanol–water partition coefficient (Wildman–Crippen LogP) is 4.41. The molecule has 0 spiro atoms. The minimum absolute atomic E-state index is 0.0420. The Morgan fingerprint density at radius 1 is 1.04 bits per heavy atom. The molecule has 5 heteroatoms. The zero-order chi connectivity index (χ0) is 18.0. The van der Waals surface area contributed by atoms with E-state index in [2.05, 4.69) is 4.98 Å². The van der Waals surface area contributed by atoms with Gasteiger partial charge in [-0.05, 0) is 42.3 Å². The number of oxazole rings is 1. The van der Waals surface area contributed by atoms with Gasteiger partial charge in [0.05, 0.1) is 12.7 Å². The van der Waals surface area contributed by atoms with Crippen LogP contribution in [0.15, 0.2) is 52.9 Å². The first-order valence-electron chi connectivity index (χ1n) is 8.13. The van der Waals surface area contributed by atoms with Crippen molar-refractivity contribution in [2.24, 2.45) is 5.92 Å². The number of hydrogen-bond donors (Lipinski definition) is 2. The van der Waals surface area contributed by atoms with Crippen LogP contribution in [-0.4, -0.2) is 22.3 Å². The minimum Gasteiger partial charge on any atom is -0.507 e. The Hall–Kier alpha value is -2.79. The second-order valence-electron chi connectivity index (χ2n) is 6.16. The summed E-state index contributed by atoms with van der Waals surface area (Å²) in [6, 6.07) is 14.3. The third kappa shape index (κ3) is 3.37. The minimum atomic E-state index is -0.823. The molecule has 0 aliphatic heterocycles. The van der Waals surface area contributed by atoms with E-state index < -0.39 is 6.10 Å². The van der Waals surface area contributed by atoms with Gasteiger partial charge in [0, 0.05) is 5.56 Å². The molecule has 3 rings (SSSR count). The lowest BCUT2D eigenvalue weighted by Crippen LogP contribution is -2.05. The van der Waals surface area contributed by atoms with Crippen LogP contribution >= 0.6 is 0 Å². The molecule has 0 saturated heterocycles. The normalized spacial score (nSPS) is 12.4. The first kappa shape index (κ1) is 17.0. The highest BCUT2D eigenvalue weighted by atomic mass is 16.5. The van der Waals surface area contributed by atoms with E-state index in [4.69, 9.17) is 9.15 Å². The van der Waals surface area contributed by atoms with Crippen LogP contribution < -0.4 is 4.74 Å². The van der Waals surface area contributed by atoms with E-state index in [1.165, 1.54) is 0 Å². The number of para-hydroxylation sites is 1. The molecule has 2 N–H and O–H groups in total. The molecular formula is C20H21NO4. The summed E-state index contributed by atoms with van der Waals surface area (Å²) in [6.07, 6.45) is -0.823. The quantitative estimate of drug-likeness (QED) is 0.720. The monoisotopic (exact) mass is 339 g/mol. The molecule has 0 aliphatic rings. The van der Waals surface area contributed by atoms with Crippen molar-refractivity contribution < 1.29 is 19.4 Å². The Kier molecular flexibility index (Phi) is 4.76. The van der Waals surface area contributed by atoms with Crippen LogP contribution in [-0.2, 0) is 0 Å². The number of aromatic nitrogens is 1. The van der Waals surface area contributed by atoms with Gasteiger partial charge in [-0.3, -0.25) is 0 Å². The van der Waals surface area contributed by atoms with Gasteiger partial charge in [0.15, 0.2) is 5.76 Å². The number of phenolic OH excluding ortho intramolecular Hbond substituents is 1. The number of ether oxygens (including phenoxy) is 1. The molecule has 0 saturated carbocycles. The zero-order valence-corrected chi connectivity index (χ0v) is 14.4. The Morgan fingerprint density at radius 2 is 1.72 bits per heavy atom. The number of hydrogen-bond acceptors (Lipinski definition) is 5. The largest absolute Gasteiger partial charge is 0.507 e. The van der Waals surface area contributed by atoms with Gasteiger partial charge < -0.3 is 19.4 Å². The average molecular weight is 339 g/mol. The molecule has 2 aromatic carbocycles. The summed E-state index contributed by atoms with van der Waals surface area (Å²) in [7, 11) is 1.61.